The van der Waals surface area contributed by atoms with Crippen molar-refractivity contribution >= 4 is 5.91 Å². The first-order valence-electron chi connectivity index (χ1n) is 6.72. The highest BCUT2D eigenvalue weighted by atomic mass is 16.3. The Bertz CT molecular complexity index is 336. The molecule has 1 rings (SSSR count). The highest BCUT2D eigenvalue weighted by molar-refractivity contribution is 5.81. The normalized spacial score (nSPS) is 14.2. The molecule has 2 unspecified atom stereocenters. The van der Waals surface area contributed by atoms with Crippen molar-refractivity contribution in [2.24, 2.45) is 0 Å². The van der Waals surface area contributed by atoms with Gasteiger partial charge in [0.25, 0.3) is 0 Å². The van der Waals surface area contributed by atoms with E-state index in [9.17, 15) is 4.79 Å². The summed E-state index contributed by atoms with van der Waals surface area (Å²) in [5, 5.41) is 6.15. The van der Waals surface area contributed by atoms with Gasteiger partial charge in [-0.15, -0.1) is 0 Å². The van der Waals surface area contributed by atoms with Crippen molar-refractivity contribution in [3.63, 3.8) is 0 Å². The van der Waals surface area contributed by atoms with Crippen LogP contribution in [0.1, 0.15) is 51.8 Å². The molecular formula is C14H24N2O2. The molecule has 0 radical (unpaired) electrons. The average Bonchev–Trinajstić information content (AvgIpc) is 2.88. The molecule has 0 saturated carbocycles. The number of hydrogen-bond acceptors (Lipinski definition) is 3. The first-order chi connectivity index (χ1) is 8.65. The van der Waals surface area contributed by atoms with Crippen molar-refractivity contribution in [1.29, 1.82) is 0 Å². The fourth-order valence-electron chi connectivity index (χ4n) is 1.81. The maximum Gasteiger partial charge on any atom is 0.236 e. The average molecular weight is 252 g/mol. The topological polar surface area (TPSA) is 54.3 Å². The van der Waals surface area contributed by atoms with E-state index in [-0.39, 0.29) is 18.0 Å². The van der Waals surface area contributed by atoms with E-state index in [2.05, 4.69) is 17.6 Å². The van der Waals surface area contributed by atoms with Crippen molar-refractivity contribution in [3.8, 4) is 0 Å². The molecule has 4 nitrogen and oxygen atoms in total. The van der Waals surface area contributed by atoms with Gasteiger partial charge in [-0.2, -0.15) is 0 Å². The lowest BCUT2D eigenvalue weighted by Crippen LogP contribution is -2.43. The third-order valence-electron chi connectivity index (χ3n) is 2.94. The van der Waals surface area contributed by atoms with Crippen LogP contribution < -0.4 is 10.6 Å². The highest BCUT2D eigenvalue weighted by Crippen LogP contribution is 2.12. The predicted molar refractivity (Wildman–Crippen MR) is 72.3 cm³/mol. The number of carbonyl (C=O) groups excluding carboxylic acids is 1. The number of unbranched alkanes of at least 4 members (excludes halogenated alkanes) is 2. The third kappa shape index (κ3) is 4.92. The minimum absolute atomic E-state index is 0.0383. The molecule has 1 aromatic rings. The molecule has 4 heteroatoms. The maximum absolute atomic E-state index is 11.8. The lowest BCUT2D eigenvalue weighted by Gasteiger charge is -2.18. The van der Waals surface area contributed by atoms with E-state index in [0.29, 0.717) is 0 Å². The van der Waals surface area contributed by atoms with Crippen molar-refractivity contribution in [1.82, 2.24) is 10.6 Å². The Balaban J connectivity index is 2.27. The second kappa shape index (κ2) is 7.93. The minimum Gasteiger partial charge on any atom is -0.468 e. The van der Waals surface area contributed by atoms with Gasteiger partial charge in [-0.1, -0.05) is 19.8 Å². The number of rotatable bonds is 8. The summed E-state index contributed by atoms with van der Waals surface area (Å²) in [6.07, 6.45) is 5.01. The molecule has 0 aliphatic rings. The van der Waals surface area contributed by atoms with Crippen molar-refractivity contribution in [2.75, 3.05) is 6.54 Å². The highest BCUT2D eigenvalue weighted by Gasteiger charge is 2.16. The number of hydrogen-bond donors (Lipinski definition) is 2. The fourth-order valence-corrected chi connectivity index (χ4v) is 1.81. The molecule has 0 spiro atoms. The molecule has 0 saturated heterocycles. The van der Waals surface area contributed by atoms with Gasteiger partial charge in [0.1, 0.15) is 5.76 Å². The Morgan fingerprint density at radius 2 is 2.17 bits per heavy atom. The van der Waals surface area contributed by atoms with Crippen LogP contribution in [-0.4, -0.2) is 18.5 Å². The van der Waals surface area contributed by atoms with Crippen molar-refractivity contribution in [2.45, 2.75) is 52.1 Å². The van der Waals surface area contributed by atoms with Crippen molar-refractivity contribution in [3.05, 3.63) is 24.2 Å². The maximum atomic E-state index is 11.8. The quantitative estimate of drug-likeness (QED) is 0.699. The zero-order valence-corrected chi connectivity index (χ0v) is 11.5. The summed E-state index contributed by atoms with van der Waals surface area (Å²) in [7, 11) is 0. The molecule has 0 aliphatic carbocycles. The largest absolute Gasteiger partial charge is 0.468 e. The minimum atomic E-state index is -0.216. The second-order valence-electron chi connectivity index (χ2n) is 4.62. The molecule has 1 amide bonds. The lowest BCUT2D eigenvalue weighted by atomic mass is 10.2. The first kappa shape index (κ1) is 14.8. The van der Waals surface area contributed by atoms with E-state index in [1.165, 1.54) is 6.42 Å². The Labute approximate surface area is 109 Å². The van der Waals surface area contributed by atoms with E-state index < -0.39 is 0 Å². The summed E-state index contributed by atoms with van der Waals surface area (Å²) in [5.41, 5.74) is 0. The van der Waals surface area contributed by atoms with Crippen LogP contribution in [0.25, 0.3) is 0 Å². The van der Waals surface area contributed by atoms with Gasteiger partial charge in [-0.05, 0) is 32.4 Å². The van der Waals surface area contributed by atoms with Gasteiger partial charge in [0, 0.05) is 6.54 Å². The molecule has 2 N–H and O–H groups in total. The molecule has 1 heterocycles. The smallest absolute Gasteiger partial charge is 0.236 e. The fraction of sp³-hybridized carbons (Fsp3) is 0.643. The summed E-state index contributed by atoms with van der Waals surface area (Å²) < 4.78 is 5.29. The van der Waals surface area contributed by atoms with E-state index in [1.54, 1.807) is 6.26 Å². The van der Waals surface area contributed by atoms with E-state index in [4.69, 9.17) is 4.42 Å². The van der Waals surface area contributed by atoms with Gasteiger partial charge in [0.15, 0.2) is 0 Å². The molecule has 0 bridgehead atoms. The van der Waals surface area contributed by atoms with Crippen molar-refractivity contribution < 1.29 is 9.21 Å². The number of furan rings is 1. The third-order valence-corrected chi connectivity index (χ3v) is 2.94. The standard InChI is InChI=1S/C14H24N2O2/c1-4-5-6-9-15-14(17)12(3)16-11(2)13-8-7-10-18-13/h7-8,10-12,16H,4-6,9H2,1-3H3,(H,15,17). The van der Waals surface area contributed by atoms with Gasteiger partial charge in [-0.25, -0.2) is 0 Å². The monoisotopic (exact) mass is 252 g/mol. The van der Waals surface area contributed by atoms with E-state index in [0.717, 1.165) is 25.1 Å². The van der Waals surface area contributed by atoms with Crippen LogP contribution in [0.4, 0.5) is 0 Å². The zero-order chi connectivity index (χ0) is 13.4. The molecular weight excluding hydrogens is 228 g/mol. The SMILES string of the molecule is CCCCCNC(=O)C(C)NC(C)c1ccco1. The molecule has 0 aromatic carbocycles. The molecule has 1 aromatic heterocycles. The molecule has 2 atom stereocenters. The number of carbonyl (C=O) groups is 1. The Kier molecular flexibility index (Phi) is 6.50. The van der Waals surface area contributed by atoms with Crippen LogP contribution in [0.5, 0.6) is 0 Å². The van der Waals surface area contributed by atoms with Crippen LogP contribution in [-0.2, 0) is 4.79 Å². The lowest BCUT2D eigenvalue weighted by molar-refractivity contribution is -0.122. The van der Waals surface area contributed by atoms with Gasteiger partial charge in [-0.3, -0.25) is 10.1 Å². The van der Waals surface area contributed by atoms with Gasteiger partial charge < -0.3 is 9.73 Å². The van der Waals surface area contributed by atoms with Gasteiger partial charge >= 0.3 is 0 Å². The molecule has 18 heavy (non-hydrogen) atoms. The molecule has 102 valence electrons. The van der Waals surface area contributed by atoms with Crippen LogP contribution in [0.2, 0.25) is 0 Å². The summed E-state index contributed by atoms with van der Waals surface area (Å²) in [6.45, 7) is 6.76. The van der Waals surface area contributed by atoms with Crippen LogP contribution in [0, 0.1) is 0 Å². The van der Waals surface area contributed by atoms with Gasteiger partial charge in [0.2, 0.25) is 5.91 Å². The van der Waals surface area contributed by atoms with Gasteiger partial charge in [0.05, 0.1) is 18.3 Å². The summed E-state index contributed by atoms with van der Waals surface area (Å²) >= 11 is 0. The summed E-state index contributed by atoms with van der Waals surface area (Å²) in [4.78, 5) is 11.8. The first-order valence-corrected chi connectivity index (χ1v) is 6.72. The van der Waals surface area contributed by atoms with Crippen LogP contribution >= 0.6 is 0 Å². The summed E-state index contributed by atoms with van der Waals surface area (Å²) in [6, 6.07) is 3.58. The molecule has 0 aliphatic heterocycles. The van der Waals surface area contributed by atoms with Crippen LogP contribution in [0.3, 0.4) is 0 Å². The summed E-state index contributed by atoms with van der Waals surface area (Å²) in [5.74, 6) is 0.894. The Morgan fingerprint density at radius 3 is 2.78 bits per heavy atom. The Morgan fingerprint density at radius 1 is 1.39 bits per heavy atom. The Hall–Kier alpha value is -1.29. The van der Waals surface area contributed by atoms with E-state index >= 15 is 0 Å². The van der Waals surface area contributed by atoms with E-state index in [1.807, 2.05) is 26.0 Å². The number of amides is 1. The number of nitrogens with one attached hydrogen (secondary N) is 2. The molecule has 0 fully saturated rings. The van der Waals surface area contributed by atoms with Crippen LogP contribution in [0.15, 0.2) is 22.8 Å². The zero-order valence-electron chi connectivity index (χ0n) is 11.5. The predicted octanol–water partition coefficient (Wildman–Crippen LogP) is 2.63. The second-order valence-corrected chi connectivity index (χ2v) is 4.62.